The highest BCUT2D eigenvalue weighted by molar-refractivity contribution is 9.11. The number of hydrogen-bond acceptors (Lipinski definition) is 1. The zero-order valence-corrected chi connectivity index (χ0v) is 13.1. The Hall–Kier alpha value is -1.35. The molecule has 1 aliphatic rings. The lowest BCUT2D eigenvalue weighted by atomic mass is 9.88. The number of fused-ring (bicyclic) bond motifs is 1. The first-order valence-corrected chi connectivity index (χ1v) is 7.85. The highest BCUT2D eigenvalue weighted by Crippen LogP contribution is 2.32. The number of halogens is 1. The summed E-state index contributed by atoms with van der Waals surface area (Å²) in [5, 5.41) is 1.14. The van der Waals surface area contributed by atoms with E-state index in [4.69, 9.17) is 0 Å². The van der Waals surface area contributed by atoms with Crippen molar-refractivity contribution >= 4 is 33.1 Å². The monoisotopic (exact) mass is 331 g/mol. The topological polar surface area (TPSA) is 22.0 Å². The minimum Gasteiger partial charge on any atom is -0.347 e. The van der Waals surface area contributed by atoms with Crippen molar-refractivity contribution in [1.29, 1.82) is 0 Å². The number of allylic oxidation sites excluding steroid dienone is 2. The second-order valence-corrected chi connectivity index (χ2v) is 6.84. The third-order valence-electron chi connectivity index (χ3n) is 4.03. The molecule has 0 saturated carbocycles. The van der Waals surface area contributed by atoms with E-state index in [0.717, 1.165) is 36.1 Å². The van der Waals surface area contributed by atoms with Crippen LogP contribution in [0.3, 0.4) is 0 Å². The summed E-state index contributed by atoms with van der Waals surface area (Å²) >= 11 is 3.65. The number of benzene rings is 1. The highest BCUT2D eigenvalue weighted by atomic mass is 79.9. The maximum Gasteiger partial charge on any atom is 0.150 e. The molecule has 0 radical (unpaired) electrons. The van der Waals surface area contributed by atoms with Gasteiger partial charge in [0.15, 0.2) is 0 Å². The van der Waals surface area contributed by atoms with Gasteiger partial charge in [-0.05, 0) is 53.4 Å². The fraction of sp³-hybridized carbons (Fsp3) is 0.353. The summed E-state index contributed by atoms with van der Waals surface area (Å²) in [5.41, 5.74) is 1.95. The largest absolute Gasteiger partial charge is 0.347 e. The molecule has 20 heavy (non-hydrogen) atoms. The van der Waals surface area contributed by atoms with Crippen LogP contribution < -0.4 is 0 Å². The first kappa shape index (κ1) is 13.6. The quantitative estimate of drug-likeness (QED) is 0.742. The molecule has 0 aliphatic heterocycles. The van der Waals surface area contributed by atoms with Gasteiger partial charge in [0, 0.05) is 29.2 Å². The van der Waals surface area contributed by atoms with Crippen molar-refractivity contribution in [2.45, 2.75) is 26.3 Å². The second-order valence-electron chi connectivity index (χ2n) is 5.82. The molecule has 1 aromatic carbocycles. The van der Waals surface area contributed by atoms with E-state index < -0.39 is 0 Å². The highest BCUT2D eigenvalue weighted by Gasteiger charge is 2.19. The van der Waals surface area contributed by atoms with E-state index in [1.165, 1.54) is 16.4 Å². The van der Waals surface area contributed by atoms with Gasteiger partial charge in [0.2, 0.25) is 0 Å². The summed E-state index contributed by atoms with van der Waals surface area (Å²) in [5.74, 6) is 1.32. The van der Waals surface area contributed by atoms with Gasteiger partial charge in [-0.2, -0.15) is 0 Å². The van der Waals surface area contributed by atoms with Crippen LogP contribution >= 0.6 is 15.9 Å². The molecular weight excluding hydrogens is 314 g/mol. The standard InChI is InChI=1S/C17H18BrNO/c1-12-6-14(9-16(18)7-12)10-19-5-4-15-8-13(11-20)2-3-17(15)19/h2-5,8-9,11-12,14H,6-7,10H2,1H3. The SMILES string of the molecule is CC1CC(Br)=CC(Cn2ccc3cc(C=O)ccc32)C1. The van der Waals surface area contributed by atoms with Crippen LogP contribution in [0.2, 0.25) is 0 Å². The Bertz CT molecular complexity index is 671. The van der Waals surface area contributed by atoms with Gasteiger partial charge in [-0.3, -0.25) is 4.79 Å². The van der Waals surface area contributed by atoms with Crippen molar-refractivity contribution in [2.75, 3.05) is 0 Å². The van der Waals surface area contributed by atoms with Gasteiger partial charge in [-0.25, -0.2) is 0 Å². The minimum atomic E-state index is 0.578. The third-order valence-corrected chi connectivity index (χ3v) is 4.62. The number of aromatic nitrogens is 1. The van der Waals surface area contributed by atoms with Crippen molar-refractivity contribution in [3.05, 3.63) is 46.6 Å². The second kappa shape index (κ2) is 5.57. The lowest BCUT2D eigenvalue weighted by Gasteiger charge is -2.24. The van der Waals surface area contributed by atoms with Crippen molar-refractivity contribution in [3.8, 4) is 0 Å². The van der Waals surface area contributed by atoms with Crippen molar-refractivity contribution in [1.82, 2.24) is 4.57 Å². The zero-order chi connectivity index (χ0) is 14.1. The average molecular weight is 332 g/mol. The molecule has 2 nitrogen and oxygen atoms in total. The van der Waals surface area contributed by atoms with Crippen LogP contribution in [0.4, 0.5) is 0 Å². The Morgan fingerprint density at radius 2 is 2.25 bits per heavy atom. The summed E-state index contributed by atoms with van der Waals surface area (Å²) in [4.78, 5) is 10.8. The normalized spacial score (nSPS) is 22.8. The van der Waals surface area contributed by atoms with Crippen LogP contribution in [0.1, 0.15) is 30.1 Å². The van der Waals surface area contributed by atoms with Gasteiger partial charge in [0.25, 0.3) is 0 Å². The van der Waals surface area contributed by atoms with E-state index in [9.17, 15) is 4.79 Å². The fourth-order valence-electron chi connectivity index (χ4n) is 3.16. The number of carbonyl (C=O) groups is 1. The molecule has 2 unspecified atom stereocenters. The summed E-state index contributed by atoms with van der Waals surface area (Å²) < 4.78 is 3.63. The lowest BCUT2D eigenvalue weighted by Crippen LogP contribution is -2.15. The van der Waals surface area contributed by atoms with Crippen LogP contribution in [0.25, 0.3) is 10.9 Å². The van der Waals surface area contributed by atoms with Crippen LogP contribution in [0, 0.1) is 11.8 Å². The summed E-state index contributed by atoms with van der Waals surface area (Å²) in [6, 6.07) is 7.98. The molecule has 3 rings (SSSR count). The summed E-state index contributed by atoms with van der Waals surface area (Å²) in [6.07, 6.45) is 7.78. The number of carbonyl (C=O) groups excluding carboxylic acids is 1. The Morgan fingerprint density at radius 3 is 3.00 bits per heavy atom. The molecule has 0 saturated heterocycles. The number of nitrogens with zero attached hydrogens (tertiary/aromatic N) is 1. The smallest absolute Gasteiger partial charge is 0.150 e. The van der Waals surface area contributed by atoms with E-state index in [1.54, 1.807) is 0 Å². The minimum absolute atomic E-state index is 0.578. The van der Waals surface area contributed by atoms with Crippen LogP contribution in [-0.4, -0.2) is 10.9 Å². The van der Waals surface area contributed by atoms with E-state index in [-0.39, 0.29) is 0 Å². The van der Waals surface area contributed by atoms with Gasteiger partial charge < -0.3 is 4.57 Å². The van der Waals surface area contributed by atoms with Gasteiger partial charge in [0.1, 0.15) is 6.29 Å². The van der Waals surface area contributed by atoms with Crippen LogP contribution in [0.15, 0.2) is 41.0 Å². The maximum atomic E-state index is 10.8. The van der Waals surface area contributed by atoms with Gasteiger partial charge in [-0.15, -0.1) is 0 Å². The van der Waals surface area contributed by atoms with Crippen molar-refractivity contribution < 1.29 is 4.79 Å². The molecule has 1 heterocycles. The maximum absolute atomic E-state index is 10.8. The Kier molecular flexibility index (Phi) is 3.79. The predicted octanol–water partition coefficient (Wildman–Crippen LogP) is 4.78. The Labute approximate surface area is 127 Å². The Morgan fingerprint density at radius 1 is 1.40 bits per heavy atom. The van der Waals surface area contributed by atoms with Gasteiger partial charge in [-0.1, -0.05) is 28.9 Å². The molecule has 104 valence electrons. The average Bonchev–Trinajstić information content (AvgIpc) is 2.80. The van der Waals surface area contributed by atoms with Crippen LogP contribution in [0.5, 0.6) is 0 Å². The fourth-order valence-corrected chi connectivity index (χ4v) is 4.08. The molecule has 0 bridgehead atoms. The first-order valence-electron chi connectivity index (χ1n) is 7.06. The zero-order valence-electron chi connectivity index (χ0n) is 11.6. The number of rotatable bonds is 3. The summed E-state index contributed by atoms with van der Waals surface area (Å²) in [7, 11) is 0. The molecule has 0 fully saturated rings. The van der Waals surface area contributed by atoms with Gasteiger partial charge in [0.05, 0.1) is 0 Å². The Balaban J connectivity index is 1.88. The van der Waals surface area contributed by atoms with Crippen molar-refractivity contribution in [3.63, 3.8) is 0 Å². The molecular formula is C17H18BrNO. The summed E-state index contributed by atoms with van der Waals surface area (Å²) in [6.45, 7) is 3.31. The molecule has 1 aromatic heterocycles. The number of aldehydes is 1. The predicted molar refractivity (Wildman–Crippen MR) is 86.2 cm³/mol. The van der Waals surface area contributed by atoms with E-state index in [1.807, 2.05) is 18.2 Å². The molecule has 1 aliphatic carbocycles. The number of hydrogen-bond donors (Lipinski definition) is 0. The van der Waals surface area contributed by atoms with Crippen molar-refractivity contribution in [2.24, 2.45) is 11.8 Å². The molecule has 2 aromatic rings. The molecule has 3 heteroatoms. The molecule has 0 spiro atoms. The van der Waals surface area contributed by atoms with E-state index in [0.29, 0.717) is 5.92 Å². The third kappa shape index (κ3) is 2.73. The first-order chi connectivity index (χ1) is 9.65. The van der Waals surface area contributed by atoms with E-state index >= 15 is 0 Å². The van der Waals surface area contributed by atoms with Gasteiger partial charge >= 0.3 is 0 Å². The molecule has 2 atom stereocenters. The van der Waals surface area contributed by atoms with E-state index in [2.05, 4.69) is 45.8 Å². The lowest BCUT2D eigenvalue weighted by molar-refractivity contribution is 0.112. The molecule has 0 amide bonds. The van der Waals surface area contributed by atoms with Crippen LogP contribution in [-0.2, 0) is 6.54 Å². The molecule has 0 N–H and O–H groups in total.